The average Bonchev–Trinajstić information content (AvgIpc) is 2.59. The summed E-state index contributed by atoms with van der Waals surface area (Å²) in [5, 5.41) is -0.535. The van der Waals surface area contributed by atoms with E-state index in [1.807, 2.05) is 0 Å². The zero-order chi connectivity index (χ0) is 19.5. The predicted octanol–water partition coefficient (Wildman–Crippen LogP) is 5.78. The Balaban J connectivity index is 2.69. The maximum absolute atomic E-state index is 13.8. The predicted molar refractivity (Wildman–Crippen MR) is 94.7 cm³/mol. The van der Waals surface area contributed by atoms with Crippen LogP contribution in [0, 0.1) is 0 Å². The number of alkyl halides is 3. The largest absolute Gasteiger partial charge is 0.417 e. The van der Waals surface area contributed by atoms with Crippen molar-refractivity contribution in [1.82, 2.24) is 4.57 Å². The second-order valence-corrected chi connectivity index (χ2v) is 5.70. The van der Waals surface area contributed by atoms with Crippen molar-refractivity contribution < 1.29 is 17.6 Å². The summed E-state index contributed by atoms with van der Waals surface area (Å²) >= 11 is 5.95. The monoisotopic (exact) mass is 383 g/mol. The number of allylic oxidation sites excluding steroid dienone is 4. The fourth-order valence-electron chi connectivity index (χ4n) is 2.38. The smallest absolute Gasteiger partial charge is 0.343 e. The first kappa shape index (κ1) is 19.7. The van der Waals surface area contributed by atoms with Gasteiger partial charge in [-0.15, -0.1) is 0 Å². The zero-order valence-electron chi connectivity index (χ0n) is 13.5. The Hall–Kier alpha value is -2.60. The second kappa shape index (κ2) is 7.74. The van der Waals surface area contributed by atoms with Gasteiger partial charge in [-0.25, -0.2) is 4.39 Å². The molecular formula is C19H14ClF4NO. The molecule has 1 aromatic carbocycles. The van der Waals surface area contributed by atoms with Crippen LogP contribution in [0.4, 0.5) is 17.6 Å². The number of aromatic nitrogens is 1. The SMILES string of the molecule is C=C/C(F)=C(\C=C)Cn1ccc(=O)cc1-c1cccc(C(F)(F)F)c1Cl. The van der Waals surface area contributed by atoms with Crippen LogP contribution in [0.2, 0.25) is 5.02 Å². The molecule has 0 atom stereocenters. The van der Waals surface area contributed by atoms with Crippen LogP contribution in [0.5, 0.6) is 0 Å². The topological polar surface area (TPSA) is 22.0 Å². The Kier molecular flexibility index (Phi) is 5.87. The van der Waals surface area contributed by atoms with E-state index in [2.05, 4.69) is 13.2 Å². The number of rotatable bonds is 5. The highest BCUT2D eigenvalue weighted by molar-refractivity contribution is 6.34. The summed E-state index contributed by atoms with van der Waals surface area (Å²) < 4.78 is 54.6. The van der Waals surface area contributed by atoms with Gasteiger partial charge in [0.25, 0.3) is 0 Å². The van der Waals surface area contributed by atoms with Crippen LogP contribution >= 0.6 is 11.6 Å². The third-order valence-corrected chi connectivity index (χ3v) is 4.07. The van der Waals surface area contributed by atoms with Gasteiger partial charge in [-0.2, -0.15) is 13.2 Å². The molecule has 26 heavy (non-hydrogen) atoms. The highest BCUT2D eigenvalue weighted by Gasteiger charge is 2.34. The van der Waals surface area contributed by atoms with Crippen LogP contribution in [0.25, 0.3) is 11.3 Å². The lowest BCUT2D eigenvalue weighted by Crippen LogP contribution is -2.12. The molecule has 0 fully saturated rings. The fourth-order valence-corrected chi connectivity index (χ4v) is 2.71. The number of hydrogen-bond donors (Lipinski definition) is 0. The van der Waals surface area contributed by atoms with Crippen molar-refractivity contribution in [2.24, 2.45) is 0 Å². The van der Waals surface area contributed by atoms with Gasteiger partial charge in [-0.3, -0.25) is 4.79 Å². The van der Waals surface area contributed by atoms with Gasteiger partial charge in [-0.05, 0) is 12.1 Å². The van der Waals surface area contributed by atoms with E-state index in [4.69, 9.17) is 11.6 Å². The van der Waals surface area contributed by atoms with Crippen LogP contribution in [0.15, 0.2) is 78.0 Å². The molecule has 7 heteroatoms. The highest BCUT2D eigenvalue weighted by Crippen LogP contribution is 2.39. The average molecular weight is 384 g/mol. The first-order chi connectivity index (χ1) is 12.2. The van der Waals surface area contributed by atoms with Crippen LogP contribution in [0.1, 0.15) is 5.56 Å². The third-order valence-electron chi connectivity index (χ3n) is 3.66. The van der Waals surface area contributed by atoms with E-state index in [1.165, 1.54) is 35.0 Å². The Bertz CT molecular complexity index is 941. The van der Waals surface area contributed by atoms with Gasteiger partial charge < -0.3 is 4.57 Å². The Morgan fingerprint density at radius 3 is 2.46 bits per heavy atom. The summed E-state index contributed by atoms with van der Waals surface area (Å²) in [5.41, 5.74) is -1.13. The standard InChI is InChI=1S/C19H14ClF4NO/c1-3-12(16(21)4-2)11-25-9-8-13(26)10-17(25)14-6-5-7-15(18(14)20)19(22,23)24/h3-10H,1-2,11H2/b16-12-. The Labute approximate surface area is 152 Å². The molecule has 1 heterocycles. The summed E-state index contributed by atoms with van der Waals surface area (Å²) in [7, 11) is 0. The molecule has 0 aliphatic rings. The lowest BCUT2D eigenvalue weighted by Gasteiger charge is -2.17. The third kappa shape index (κ3) is 4.14. The molecule has 1 aromatic heterocycles. The molecule has 2 nitrogen and oxygen atoms in total. The summed E-state index contributed by atoms with van der Waals surface area (Å²) in [6.45, 7) is 6.78. The minimum absolute atomic E-state index is 0.0154. The summed E-state index contributed by atoms with van der Waals surface area (Å²) in [4.78, 5) is 11.8. The molecule has 0 saturated heterocycles. The van der Waals surface area contributed by atoms with Gasteiger partial charge in [0.2, 0.25) is 0 Å². The van der Waals surface area contributed by atoms with Crippen molar-refractivity contribution in [1.29, 1.82) is 0 Å². The molecular weight excluding hydrogens is 370 g/mol. The van der Waals surface area contributed by atoms with Gasteiger partial charge in [0.05, 0.1) is 22.8 Å². The number of nitrogens with zero attached hydrogens (tertiary/aromatic N) is 1. The van der Waals surface area contributed by atoms with Gasteiger partial charge in [-0.1, -0.05) is 43.0 Å². The molecule has 0 radical (unpaired) electrons. The van der Waals surface area contributed by atoms with Crippen molar-refractivity contribution in [3.05, 3.63) is 94.0 Å². The number of pyridine rings is 1. The molecule has 0 saturated carbocycles. The second-order valence-electron chi connectivity index (χ2n) is 5.32. The molecule has 0 aliphatic heterocycles. The summed E-state index contributed by atoms with van der Waals surface area (Å²) in [5.74, 6) is -0.625. The minimum atomic E-state index is -4.64. The van der Waals surface area contributed by atoms with E-state index in [1.54, 1.807) is 0 Å². The summed E-state index contributed by atoms with van der Waals surface area (Å²) in [6, 6.07) is 5.78. The molecule has 136 valence electrons. The number of benzene rings is 1. The Morgan fingerprint density at radius 2 is 1.88 bits per heavy atom. The molecule has 2 rings (SSSR count). The maximum Gasteiger partial charge on any atom is 0.417 e. The molecule has 0 unspecified atom stereocenters. The molecule has 0 spiro atoms. The lowest BCUT2D eigenvalue weighted by molar-refractivity contribution is -0.137. The minimum Gasteiger partial charge on any atom is -0.343 e. The van der Waals surface area contributed by atoms with Crippen LogP contribution in [-0.2, 0) is 12.7 Å². The van der Waals surface area contributed by atoms with E-state index < -0.39 is 28.0 Å². The quantitative estimate of drug-likeness (QED) is 0.473. The maximum atomic E-state index is 13.8. The van der Waals surface area contributed by atoms with Gasteiger partial charge in [0.1, 0.15) is 5.83 Å². The lowest BCUT2D eigenvalue weighted by atomic mass is 10.1. The van der Waals surface area contributed by atoms with Gasteiger partial charge >= 0.3 is 6.18 Å². The normalized spacial score (nSPS) is 12.5. The van der Waals surface area contributed by atoms with Crippen molar-refractivity contribution in [3.63, 3.8) is 0 Å². The van der Waals surface area contributed by atoms with Crippen molar-refractivity contribution in [2.75, 3.05) is 0 Å². The van der Waals surface area contributed by atoms with E-state index in [-0.39, 0.29) is 23.4 Å². The first-order valence-electron chi connectivity index (χ1n) is 7.39. The van der Waals surface area contributed by atoms with E-state index in [0.717, 1.165) is 18.2 Å². The van der Waals surface area contributed by atoms with Crippen molar-refractivity contribution in [2.45, 2.75) is 12.7 Å². The summed E-state index contributed by atoms with van der Waals surface area (Å²) in [6.07, 6.45) is -1.02. The van der Waals surface area contributed by atoms with Crippen molar-refractivity contribution >= 4 is 11.6 Å². The van der Waals surface area contributed by atoms with E-state index >= 15 is 0 Å². The number of hydrogen-bond acceptors (Lipinski definition) is 1. The molecule has 0 N–H and O–H groups in total. The van der Waals surface area contributed by atoms with Gasteiger partial charge in [0, 0.05) is 29.5 Å². The van der Waals surface area contributed by atoms with Gasteiger partial charge in [0.15, 0.2) is 5.43 Å². The van der Waals surface area contributed by atoms with Crippen LogP contribution in [0.3, 0.4) is 0 Å². The molecule has 0 aliphatic carbocycles. The highest BCUT2D eigenvalue weighted by atomic mass is 35.5. The van der Waals surface area contributed by atoms with E-state index in [0.29, 0.717) is 0 Å². The number of halogens is 5. The van der Waals surface area contributed by atoms with Crippen molar-refractivity contribution in [3.8, 4) is 11.3 Å². The molecule has 0 bridgehead atoms. The molecule has 2 aromatic rings. The zero-order valence-corrected chi connectivity index (χ0v) is 14.2. The Morgan fingerprint density at radius 1 is 1.19 bits per heavy atom. The van der Waals surface area contributed by atoms with E-state index in [9.17, 15) is 22.4 Å². The molecule has 0 amide bonds. The fraction of sp³-hybridized carbons (Fsp3) is 0.105. The first-order valence-corrected chi connectivity index (χ1v) is 7.77. The van der Waals surface area contributed by atoms with Crippen LogP contribution in [-0.4, -0.2) is 4.57 Å². The van der Waals surface area contributed by atoms with Crippen LogP contribution < -0.4 is 5.43 Å².